The van der Waals surface area contributed by atoms with E-state index in [1.54, 1.807) is 5.06 Å². The number of benzene rings is 4. The molecule has 2 saturated heterocycles. The summed E-state index contributed by atoms with van der Waals surface area (Å²) in [5, 5.41) is 3.59. The summed E-state index contributed by atoms with van der Waals surface area (Å²) in [6.45, 7) is 2.02. The van der Waals surface area contributed by atoms with Crippen molar-refractivity contribution in [3.05, 3.63) is 108 Å². The van der Waals surface area contributed by atoms with Gasteiger partial charge in [-0.05, 0) is 41.6 Å². The predicted molar refractivity (Wildman–Crippen MR) is 128 cm³/mol. The molecule has 0 unspecified atom stereocenters. The summed E-state index contributed by atoms with van der Waals surface area (Å²) in [6.07, 6.45) is -0.874. The van der Waals surface area contributed by atoms with Gasteiger partial charge in [0.05, 0.1) is 17.4 Å². The molecule has 0 radical (unpaired) electrons. The second-order valence-electron chi connectivity index (χ2n) is 8.52. The standard InChI is InChI=1S/C28H22N2O3/c1-18-10-5-7-15-21(18)25-24-26(33-30(25)20-13-3-2-4-14-20)28(32)29(27(24)31)23-17-9-12-19-11-6-8-16-22(19)23/h2-17,24-26H,1H3/t24-,25-,26-/m1/s1. The Bertz CT molecular complexity index is 1380. The molecule has 0 aliphatic carbocycles. The number of carbonyl (C=O) groups is 2. The van der Waals surface area contributed by atoms with Gasteiger partial charge in [0.1, 0.15) is 5.92 Å². The van der Waals surface area contributed by atoms with Gasteiger partial charge in [-0.25, -0.2) is 9.96 Å². The van der Waals surface area contributed by atoms with E-state index >= 15 is 0 Å². The minimum absolute atomic E-state index is 0.229. The minimum Gasteiger partial charge on any atom is -0.273 e. The molecule has 0 aromatic heterocycles. The molecule has 2 fully saturated rings. The van der Waals surface area contributed by atoms with Crippen LogP contribution in [0, 0.1) is 12.8 Å². The van der Waals surface area contributed by atoms with Gasteiger partial charge in [-0.3, -0.25) is 14.4 Å². The molecule has 33 heavy (non-hydrogen) atoms. The lowest BCUT2D eigenvalue weighted by Crippen LogP contribution is -2.37. The van der Waals surface area contributed by atoms with E-state index in [-0.39, 0.29) is 11.8 Å². The largest absolute Gasteiger partial charge is 0.273 e. The number of nitrogens with zero attached hydrogens (tertiary/aromatic N) is 2. The van der Waals surface area contributed by atoms with Crippen LogP contribution in [0.25, 0.3) is 10.8 Å². The maximum atomic E-state index is 13.9. The number of aryl methyl sites for hydroxylation is 1. The zero-order valence-corrected chi connectivity index (χ0v) is 18.1. The molecule has 0 bridgehead atoms. The molecule has 6 rings (SSSR count). The zero-order chi connectivity index (χ0) is 22.5. The lowest BCUT2D eigenvalue weighted by Gasteiger charge is -2.29. The fraction of sp³-hybridized carbons (Fsp3) is 0.143. The summed E-state index contributed by atoms with van der Waals surface area (Å²) in [4.78, 5) is 35.1. The third-order valence-corrected chi connectivity index (χ3v) is 6.64. The van der Waals surface area contributed by atoms with Crippen LogP contribution in [0.4, 0.5) is 11.4 Å². The highest BCUT2D eigenvalue weighted by Gasteiger charge is 2.60. The summed E-state index contributed by atoms with van der Waals surface area (Å²) in [5.41, 5.74) is 3.46. The van der Waals surface area contributed by atoms with E-state index < -0.39 is 18.1 Å². The van der Waals surface area contributed by atoms with Crippen LogP contribution < -0.4 is 9.96 Å². The molecular weight excluding hydrogens is 412 g/mol. The van der Waals surface area contributed by atoms with Gasteiger partial charge >= 0.3 is 0 Å². The van der Waals surface area contributed by atoms with Crippen molar-refractivity contribution in [3.8, 4) is 0 Å². The molecular formula is C28H22N2O3. The highest BCUT2D eigenvalue weighted by molar-refractivity contribution is 6.26. The first kappa shape index (κ1) is 19.7. The van der Waals surface area contributed by atoms with Crippen LogP contribution in [0.1, 0.15) is 17.2 Å². The predicted octanol–water partition coefficient (Wildman–Crippen LogP) is 5.20. The maximum absolute atomic E-state index is 13.9. The molecule has 4 aromatic rings. The van der Waals surface area contributed by atoms with E-state index in [4.69, 9.17) is 4.84 Å². The number of fused-ring (bicyclic) bond motifs is 2. The number of anilines is 2. The molecule has 4 aromatic carbocycles. The van der Waals surface area contributed by atoms with Crippen LogP contribution in [-0.4, -0.2) is 17.9 Å². The second-order valence-corrected chi connectivity index (χ2v) is 8.52. The normalized spacial score (nSPS) is 22.3. The summed E-state index contributed by atoms with van der Waals surface area (Å²) >= 11 is 0. The third kappa shape index (κ3) is 2.97. The van der Waals surface area contributed by atoms with Crippen molar-refractivity contribution < 1.29 is 14.4 Å². The number of carbonyl (C=O) groups excluding carboxylic acids is 2. The van der Waals surface area contributed by atoms with Crippen molar-refractivity contribution >= 4 is 34.0 Å². The number of para-hydroxylation sites is 1. The fourth-order valence-corrected chi connectivity index (χ4v) is 5.09. The monoisotopic (exact) mass is 434 g/mol. The average Bonchev–Trinajstić information content (AvgIpc) is 3.35. The highest BCUT2D eigenvalue weighted by Crippen LogP contribution is 2.48. The van der Waals surface area contributed by atoms with E-state index in [1.165, 1.54) is 4.90 Å². The topological polar surface area (TPSA) is 49.9 Å². The minimum atomic E-state index is -0.874. The van der Waals surface area contributed by atoms with Gasteiger partial charge in [0.25, 0.3) is 5.91 Å². The highest BCUT2D eigenvalue weighted by atomic mass is 16.7. The molecule has 2 aliphatic heterocycles. The van der Waals surface area contributed by atoms with Crippen molar-refractivity contribution in [2.45, 2.75) is 19.1 Å². The van der Waals surface area contributed by atoms with E-state index in [9.17, 15) is 9.59 Å². The Hall–Kier alpha value is -3.96. The maximum Gasteiger partial charge on any atom is 0.266 e. The van der Waals surface area contributed by atoms with Crippen molar-refractivity contribution in [1.82, 2.24) is 0 Å². The van der Waals surface area contributed by atoms with Crippen molar-refractivity contribution in [3.63, 3.8) is 0 Å². The first-order valence-electron chi connectivity index (χ1n) is 11.1. The van der Waals surface area contributed by atoms with Gasteiger partial charge in [0.2, 0.25) is 5.91 Å². The molecule has 3 atom stereocenters. The van der Waals surface area contributed by atoms with Crippen LogP contribution >= 0.6 is 0 Å². The lowest BCUT2D eigenvalue weighted by molar-refractivity contribution is -0.126. The SMILES string of the molecule is Cc1ccccc1[C@@H]1[C@H]2C(=O)N(c3cccc4ccccc34)C(=O)[C@@H]2ON1c1ccccc1. The summed E-state index contributed by atoms with van der Waals surface area (Å²) in [6, 6.07) is 30.7. The Kier molecular flexibility index (Phi) is 4.52. The molecule has 2 heterocycles. The van der Waals surface area contributed by atoms with Crippen LogP contribution in [0.15, 0.2) is 97.1 Å². The smallest absolute Gasteiger partial charge is 0.266 e. The first-order chi connectivity index (χ1) is 16.1. The summed E-state index contributed by atoms with van der Waals surface area (Å²) in [7, 11) is 0. The van der Waals surface area contributed by atoms with Crippen LogP contribution in [0.3, 0.4) is 0 Å². The lowest BCUT2D eigenvalue weighted by atomic mass is 9.88. The van der Waals surface area contributed by atoms with Crippen molar-refractivity contribution in [2.75, 3.05) is 9.96 Å². The number of hydroxylamine groups is 1. The van der Waals surface area contributed by atoms with Crippen molar-refractivity contribution in [1.29, 1.82) is 0 Å². The first-order valence-corrected chi connectivity index (χ1v) is 11.1. The van der Waals surface area contributed by atoms with Gasteiger partial charge in [0, 0.05) is 5.39 Å². The quantitative estimate of drug-likeness (QED) is 0.416. The Morgan fingerprint density at radius 2 is 1.42 bits per heavy atom. The Balaban J connectivity index is 1.48. The molecule has 2 aliphatic rings. The molecule has 0 N–H and O–H groups in total. The Labute approximate surface area is 191 Å². The van der Waals surface area contributed by atoms with Gasteiger partial charge in [0.15, 0.2) is 6.10 Å². The molecule has 2 amide bonds. The second kappa shape index (κ2) is 7.57. The van der Waals surface area contributed by atoms with Crippen LogP contribution in [-0.2, 0) is 14.4 Å². The molecule has 5 nitrogen and oxygen atoms in total. The van der Waals surface area contributed by atoms with Gasteiger partial charge in [-0.1, -0.05) is 78.9 Å². The molecule has 0 spiro atoms. The van der Waals surface area contributed by atoms with E-state index in [0.29, 0.717) is 5.69 Å². The average molecular weight is 434 g/mol. The number of hydrogen-bond donors (Lipinski definition) is 0. The zero-order valence-electron chi connectivity index (χ0n) is 18.1. The third-order valence-electron chi connectivity index (χ3n) is 6.64. The summed E-state index contributed by atoms with van der Waals surface area (Å²) in [5.74, 6) is -1.19. The van der Waals surface area contributed by atoms with E-state index in [0.717, 1.165) is 27.6 Å². The van der Waals surface area contributed by atoms with Gasteiger partial charge in [-0.15, -0.1) is 0 Å². The van der Waals surface area contributed by atoms with Gasteiger partial charge < -0.3 is 0 Å². The number of imide groups is 1. The number of rotatable bonds is 3. The van der Waals surface area contributed by atoms with Gasteiger partial charge in [-0.2, -0.15) is 0 Å². The molecule has 162 valence electrons. The van der Waals surface area contributed by atoms with E-state index in [1.807, 2.05) is 104 Å². The van der Waals surface area contributed by atoms with E-state index in [2.05, 4.69) is 0 Å². The Morgan fingerprint density at radius 1 is 0.727 bits per heavy atom. The molecule has 5 heteroatoms. The fourth-order valence-electron chi connectivity index (χ4n) is 5.09. The van der Waals surface area contributed by atoms with Crippen LogP contribution in [0.2, 0.25) is 0 Å². The number of amides is 2. The van der Waals surface area contributed by atoms with Crippen LogP contribution in [0.5, 0.6) is 0 Å². The Morgan fingerprint density at radius 3 is 2.24 bits per heavy atom. The number of hydrogen-bond acceptors (Lipinski definition) is 4. The summed E-state index contributed by atoms with van der Waals surface area (Å²) < 4.78 is 0. The van der Waals surface area contributed by atoms with Crippen molar-refractivity contribution in [2.24, 2.45) is 5.92 Å². The molecule has 0 saturated carbocycles.